The third kappa shape index (κ3) is 10.1. The lowest BCUT2D eigenvalue weighted by molar-refractivity contribution is -0.123. The Balaban J connectivity index is 1.41. The van der Waals surface area contributed by atoms with Crippen LogP contribution in [0.1, 0.15) is 11.1 Å². The predicted octanol–water partition coefficient (Wildman–Crippen LogP) is 3.42. The van der Waals surface area contributed by atoms with E-state index in [4.69, 9.17) is 26.1 Å². The number of halogens is 1. The van der Waals surface area contributed by atoms with Gasteiger partial charge in [0.15, 0.2) is 0 Å². The molecular formula is C28H27ClN7O7P. The largest absolute Gasteiger partial charge is 0.449 e. The highest BCUT2D eigenvalue weighted by Gasteiger charge is 2.21. The Bertz CT molecular complexity index is 1660. The van der Waals surface area contributed by atoms with Gasteiger partial charge in [-0.05, 0) is 64.5 Å². The quantitative estimate of drug-likeness (QED) is 0.113. The number of ether oxygens (including phenoxy) is 1. The van der Waals surface area contributed by atoms with E-state index in [2.05, 4.69) is 31.5 Å². The molecule has 1 aromatic heterocycles. The van der Waals surface area contributed by atoms with Gasteiger partial charge in [0.1, 0.15) is 19.0 Å². The van der Waals surface area contributed by atoms with Crippen molar-refractivity contribution in [2.75, 3.05) is 23.4 Å². The standard InChI is InChI=1S/C28H27ClN7O7P/c29-21-7-12-25(36-18-30-34-35-36)20(17-21)6-13-26(37)33-24(16-19-4-2-1-3-5-19)27(38)31-22-8-10-23(11-9-22)32-28(39)43-14-15-44(40,41)42/h1-13,17-18,24H,14-16H2,(H,31,38)(H,32,39)(H,33,37)(H2,40,41,42)/t24-/m0/s1. The Kier molecular flexibility index (Phi) is 10.9. The number of benzene rings is 3. The van der Waals surface area contributed by atoms with Gasteiger partial charge in [-0.1, -0.05) is 41.9 Å². The van der Waals surface area contributed by atoms with Crippen LogP contribution in [0.2, 0.25) is 5.02 Å². The van der Waals surface area contributed by atoms with E-state index in [0.29, 0.717) is 27.6 Å². The minimum Gasteiger partial charge on any atom is -0.449 e. The molecule has 0 fully saturated rings. The lowest BCUT2D eigenvalue weighted by atomic mass is 10.0. The molecule has 16 heteroatoms. The van der Waals surface area contributed by atoms with Crippen LogP contribution in [0.5, 0.6) is 0 Å². The van der Waals surface area contributed by atoms with Gasteiger partial charge in [0.25, 0.3) is 0 Å². The van der Waals surface area contributed by atoms with Crippen LogP contribution >= 0.6 is 19.2 Å². The van der Waals surface area contributed by atoms with Gasteiger partial charge in [0.2, 0.25) is 11.8 Å². The molecule has 1 atom stereocenters. The first-order valence-corrected chi connectivity index (χ1v) is 15.2. The van der Waals surface area contributed by atoms with Gasteiger partial charge in [-0.25, -0.2) is 4.79 Å². The highest BCUT2D eigenvalue weighted by molar-refractivity contribution is 7.51. The molecule has 5 N–H and O–H groups in total. The van der Waals surface area contributed by atoms with Gasteiger partial charge < -0.3 is 25.2 Å². The molecule has 4 rings (SSSR count). The molecule has 3 aromatic carbocycles. The van der Waals surface area contributed by atoms with Crippen molar-refractivity contribution < 1.29 is 33.5 Å². The summed E-state index contributed by atoms with van der Waals surface area (Å²) < 4.78 is 17.0. The molecule has 4 aromatic rings. The van der Waals surface area contributed by atoms with Gasteiger partial charge in [-0.2, -0.15) is 4.68 Å². The number of hydrogen-bond acceptors (Lipinski definition) is 8. The minimum atomic E-state index is -4.28. The molecule has 3 amide bonds. The van der Waals surface area contributed by atoms with E-state index >= 15 is 0 Å². The zero-order valence-electron chi connectivity index (χ0n) is 22.9. The Morgan fingerprint density at radius 3 is 2.36 bits per heavy atom. The molecule has 0 saturated heterocycles. The van der Waals surface area contributed by atoms with Crippen LogP contribution in [-0.2, 0) is 25.3 Å². The number of anilines is 2. The smallest absolute Gasteiger partial charge is 0.411 e. The van der Waals surface area contributed by atoms with E-state index < -0.39 is 44.3 Å². The summed E-state index contributed by atoms with van der Waals surface area (Å²) in [6.45, 7) is -0.451. The maximum Gasteiger partial charge on any atom is 0.411 e. The van der Waals surface area contributed by atoms with Crippen LogP contribution in [0.25, 0.3) is 11.8 Å². The summed E-state index contributed by atoms with van der Waals surface area (Å²) in [6, 6.07) is 19.3. The van der Waals surface area contributed by atoms with Crippen molar-refractivity contribution >= 4 is 54.6 Å². The molecule has 14 nitrogen and oxygen atoms in total. The predicted molar refractivity (Wildman–Crippen MR) is 162 cm³/mol. The second kappa shape index (κ2) is 15.0. The first-order valence-electron chi connectivity index (χ1n) is 13.0. The van der Waals surface area contributed by atoms with Crippen LogP contribution in [0, 0.1) is 0 Å². The number of aromatic nitrogens is 4. The molecule has 0 unspecified atom stereocenters. The Morgan fingerprint density at radius 2 is 1.70 bits per heavy atom. The lowest BCUT2D eigenvalue weighted by Crippen LogP contribution is -2.44. The van der Waals surface area contributed by atoms with Crippen molar-refractivity contribution in [2.45, 2.75) is 12.5 Å². The number of amides is 3. The highest BCUT2D eigenvalue weighted by atomic mass is 35.5. The average Bonchev–Trinajstić information content (AvgIpc) is 3.51. The third-order valence-corrected chi connectivity index (χ3v) is 6.93. The molecule has 1 heterocycles. The molecule has 0 aliphatic heterocycles. The number of nitrogens with zero attached hydrogens (tertiary/aromatic N) is 4. The topological polar surface area (TPSA) is 198 Å². The second-order valence-corrected chi connectivity index (χ2v) is 11.5. The Morgan fingerprint density at radius 1 is 1.00 bits per heavy atom. The zero-order chi connectivity index (χ0) is 31.5. The summed E-state index contributed by atoms with van der Waals surface area (Å²) >= 11 is 6.16. The fourth-order valence-electron chi connectivity index (χ4n) is 3.86. The van der Waals surface area contributed by atoms with Crippen molar-refractivity contribution in [3.05, 3.63) is 101 Å². The number of hydrogen-bond donors (Lipinski definition) is 5. The number of carbonyl (C=O) groups excluding carboxylic acids is 3. The minimum absolute atomic E-state index is 0.208. The molecule has 0 saturated carbocycles. The summed E-state index contributed by atoms with van der Waals surface area (Å²) in [7, 11) is -4.28. The second-order valence-electron chi connectivity index (χ2n) is 9.26. The molecule has 0 spiro atoms. The highest BCUT2D eigenvalue weighted by Crippen LogP contribution is 2.33. The molecule has 44 heavy (non-hydrogen) atoms. The lowest BCUT2D eigenvalue weighted by Gasteiger charge is -2.18. The number of nitrogens with one attached hydrogen (secondary N) is 3. The number of tetrazole rings is 1. The Labute approximate surface area is 256 Å². The van der Waals surface area contributed by atoms with Gasteiger partial charge in [-0.3, -0.25) is 19.5 Å². The molecule has 0 radical (unpaired) electrons. The Hall–Kier alpha value is -4.88. The maximum atomic E-state index is 13.3. The van der Waals surface area contributed by atoms with Crippen LogP contribution in [0.15, 0.2) is 85.2 Å². The molecule has 0 bridgehead atoms. The summed E-state index contributed by atoms with van der Waals surface area (Å²) in [5, 5.41) is 19.5. The van der Waals surface area contributed by atoms with Crippen LogP contribution in [0.3, 0.4) is 0 Å². The van der Waals surface area contributed by atoms with E-state index in [9.17, 15) is 18.9 Å². The number of carbonyl (C=O) groups is 3. The van der Waals surface area contributed by atoms with Crippen molar-refractivity contribution in [1.82, 2.24) is 25.5 Å². The third-order valence-electron chi connectivity index (χ3n) is 5.93. The van der Waals surface area contributed by atoms with Crippen LogP contribution in [0.4, 0.5) is 16.2 Å². The van der Waals surface area contributed by atoms with Crippen LogP contribution in [-0.4, -0.2) is 66.7 Å². The van der Waals surface area contributed by atoms with Crippen molar-refractivity contribution in [3.63, 3.8) is 0 Å². The van der Waals surface area contributed by atoms with Gasteiger partial charge in [0.05, 0.1) is 11.8 Å². The fraction of sp³-hybridized carbons (Fsp3) is 0.143. The van der Waals surface area contributed by atoms with Crippen molar-refractivity contribution in [1.29, 1.82) is 0 Å². The van der Waals surface area contributed by atoms with Crippen molar-refractivity contribution in [3.8, 4) is 5.69 Å². The summed E-state index contributed by atoms with van der Waals surface area (Å²) in [5.41, 5.74) is 2.70. The van der Waals surface area contributed by atoms with Gasteiger partial charge in [0, 0.05) is 34.5 Å². The summed E-state index contributed by atoms with van der Waals surface area (Å²) in [6.07, 6.45) is 2.95. The van der Waals surface area contributed by atoms with E-state index in [1.165, 1.54) is 41.4 Å². The molecule has 0 aliphatic rings. The molecular weight excluding hydrogens is 613 g/mol. The van der Waals surface area contributed by atoms with E-state index in [0.717, 1.165) is 5.56 Å². The maximum absolute atomic E-state index is 13.3. The van der Waals surface area contributed by atoms with Crippen molar-refractivity contribution in [2.24, 2.45) is 0 Å². The monoisotopic (exact) mass is 639 g/mol. The SMILES string of the molecule is O=C(C=Cc1cc(Cl)ccc1-n1cnnn1)N[C@@H](Cc1ccccc1)C(=O)Nc1ccc(NC(=O)OCCP(=O)(O)O)cc1. The normalized spacial score (nSPS) is 12.0. The molecule has 0 aliphatic carbocycles. The van der Waals surface area contributed by atoms with E-state index in [1.807, 2.05) is 30.3 Å². The fourth-order valence-corrected chi connectivity index (χ4v) is 4.37. The first kappa shape index (κ1) is 32.0. The average molecular weight is 640 g/mol. The summed E-state index contributed by atoms with van der Waals surface area (Å²) in [5.74, 6) is -1.01. The molecule has 228 valence electrons. The van der Waals surface area contributed by atoms with E-state index in [1.54, 1.807) is 24.3 Å². The number of rotatable bonds is 12. The zero-order valence-corrected chi connectivity index (χ0v) is 24.6. The van der Waals surface area contributed by atoms with E-state index in [-0.39, 0.29) is 6.42 Å². The first-order chi connectivity index (χ1) is 21.1. The van der Waals surface area contributed by atoms with Gasteiger partial charge >= 0.3 is 13.7 Å². The van der Waals surface area contributed by atoms with Gasteiger partial charge in [-0.15, -0.1) is 5.10 Å². The van der Waals surface area contributed by atoms with Crippen LogP contribution < -0.4 is 16.0 Å². The summed E-state index contributed by atoms with van der Waals surface area (Å²) in [4.78, 5) is 55.8.